The average molecular weight is 171 g/mol. The Labute approximate surface area is 78.4 Å². The molecule has 0 saturated carbocycles. The second-order valence-corrected chi connectivity index (χ2v) is 3.59. The summed E-state index contributed by atoms with van der Waals surface area (Å²) in [6.07, 6.45) is 0. The maximum absolute atomic E-state index is 4.54. The number of aryl methyl sites for hydroxylation is 3. The summed E-state index contributed by atoms with van der Waals surface area (Å²) in [6.45, 7) is 6.25. The number of hydrogen-bond acceptors (Lipinski definition) is 1. The molecule has 0 N–H and O–H groups in total. The highest BCUT2D eigenvalue weighted by atomic mass is 14.7. The molecule has 13 heavy (non-hydrogen) atoms. The van der Waals surface area contributed by atoms with Gasteiger partial charge in [-0.05, 0) is 44.0 Å². The average Bonchev–Trinajstić information content (AvgIpc) is 2.08. The maximum Gasteiger partial charge on any atom is 0.0708 e. The highest BCUT2D eigenvalue weighted by Crippen LogP contribution is 2.16. The van der Waals surface area contributed by atoms with Gasteiger partial charge >= 0.3 is 0 Å². The zero-order valence-electron chi connectivity index (χ0n) is 8.26. The van der Waals surface area contributed by atoms with Gasteiger partial charge in [0, 0.05) is 11.1 Å². The minimum absolute atomic E-state index is 1.10. The number of nitrogens with zero attached hydrogens (tertiary/aromatic N) is 1. The molecule has 0 saturated heterocycles. The standard InChI is InChI=1S/C12H13N/c1-8-4-5-11-7-9(2)10(3)13-12(11)6-8/h4-7H,1-3H3. The first-order valence-corrected chi connectivity index (χ1v) is 4.51. The lowest BCUT2D eigenvalue weighted by atomic mass is 10.1. The van der Waals surface area contributed by atoms with Gasteiger partial charge in [-0.1, -0.05) is 12.1 Å². The molecule has 0 fully saturated rings. The summed E-state index contributed by atoms with van der Waals surface area (Å²) < 4.78 is 0. The summed E-state index contributed by atoms with van der Waals surface area (Å²) in [6, 6.07) is 8.57. The lowest BCUT2D eigenvalue weighted by Crippen LogP contribution is -1.88. The molecule has 0 spiro atoms. The smallest absolute Gasteiger partial charge is 0.0708 e. The topological polar surface area (TPSA) is 12.9 Å². The van der Waals surface area contributed by atoms with Gasteiger partial charge in [0.15, 0.2) is 0 Å². The Bertz CT molecular complexity index is 458. The van der Waals surface area contributed by atoms with Crippen molar-refractivity contribution in [2.24, 2.45) is 0 Å². The maximum atomic E-state index is 4.54. The van der Waals surface area contributed by atoms with Crippen molar-refractivity contribution in [1.82, 2.24) is 4.98 Å². The van der Waals surface area contributed by atoms with Crippen molar-refractivity contribution in [1.29, 1.82) is 0 Å². The van der Waals surface area contributed by atoms with Crippen LogP contribution in [-0.4, -0.2) is 4.98 Å². The summed E-state index contributed by atoms with van der Waals surface area (Å²) in [5, 5.41) is 1.23. The Morgan fingerprint density at radius 1 is 1.00 bits per heavy atom. The van der Waals surface area contributed by atoms with Crippen LogP contribution in [0.5, 0.6) is 0 Å². The Morgan fingerprint density at radius 2 is 1.77 bits per heavy atom. The predicted molar refractivity (Wildman–Crippen MR) is 56.0 cm³/mol. The predicted octanol–water partition coefficient (Wildman–Crippen LogP) is 3.16. The number of rotatable bonds is 0. The molecule has 0 radical (unpaired) electrons. The van der Waals surface area contributed by atoms with E-state index in [4.69, 9.17) is 0 Å². The van der Waals surface area contributed by atoms with Crippen molar-refractivity contribution < 1.29 is 0 Å². The summed E-state index contributed by atoms with van der Waals surface area (Å²) in [5.41, 5.74) is 4.75. The van der Waals surface area contributed by atoms with Crippen molar-refractivity contribution in [3.05, 3.63) is 41.1 Å². The summed E-state index contributed by atoms with van der Waals surface area (Å²) in [5.74, 6) is 0. The van der Waals surface area contributed by atoms with Crippen LogP contribution in [0.4, 0.5) is 0 Å². The lowest BCUT2D eigenvalue weighted by Gasteiger charge is -2.03. The SMILES string of the molecule is Cc1ccc2cc(C)c(C)nc2c1. The van der Waals surface area contributed by atoms with E-state index >= 15 is 0 Å². The van der Waals surface area contributed by atoms with E-state index in [1.54, 1.807) is 0 Å². The molecule has 2 aromatic rings. The van der Waals surface area contributed by atoms with Gasteiger partial charge in [-0.15, -0.1) is 0 Å². The molecule has 0 unspecified atom stereocenters. The van der Waals surface area contributed by atoms with Crippen LogP contribution in [0.3, 0.4) is 0 Å². The minimum Gasteiger partial charge on any atom is -0.253 e. The van der Waals surface area contributed by atoms with Gasteiger partial charge in [0.05, 0.1) is 5.52 Å². The molecular weight excluding hydrogens is 158 g/mol. The molecule has 1 heterocycles. The highest BCUT2D eigenvalue weighted by Gasteiger charge is 1.98. The van der Waals surface area contributed by atoms with E-state index < -0.39 is 0 Å². The van der Waals surface area contributed by atoms with Crippen LogP contribution in [0.2, 0.25) is 0 Å². The summed E-state index contributed by atoms with van der Waals surface area (Å²) >= 11 is 0. The third-order valence-electron chi connectivity index (χ3n) is 2.42. The number of fused-ring (bicyclic) bond motifs is 1. The first-order chi connectivity index (χ1) is 6.16. The van der Waals surface area contributed by atoms with E-state index in [1.807, 2.05) is 0 Å². The van der Waals surface area contributed by atoms with Gasteiger partial charge in [0.2, 0.25) is 0 Å². The Morgan fingerprint density at radius 3 is 2.54 bits per heavy atom. The van der Waals surface area contributed by atoms with Crippen LogP contribution in [0.25, 0.3) is 10.9 Å². The Kier molecular flexibility index (Phi) is 1.80. The van der Waals surface area contributed by atoms with Gasteiger partial charge in [-0.2, -0.15) is 0 Å². The Balaban J connectivity index is 2.81. The first kappa shape index (κ1) is 8.24. The van der Waals surface area contributed by atoms with Crippen LogP contribution < -0.4 is 0 Å². The fourth-order valence-corrected chi connectivity index (χ4v) is 1.48. The van der Waals surface area contributed by atoms with Crippen molar-refractivity contribution in [3.63, 3.8) is 0 Å². The lowest BCUT2D eigenvalue weighted by molar-refractivity contribution is 1.19. The zero-order valence-corrected chi connectivity index (χ0v) is 8.26. The molecule has 1 heteroatoms. The van der Waals surface area contributed by atoms with Gasteiger partial charge in [0.25, 0.3) is 0 Å². The first-order valence-electron chi connectivity index (χ1n) is 4.51. The quantitative estimate of drug-likeness (QED) is 0.593. The van der Waals surface area contributed by atoms with Crippen molar-refractivity contribution >= 4 is 10.9 Å². The normalized spacial score (nSPS) is 10.7. The molecular formula is C12H13N. The van der Waals surface area contributed by atoms with E-state index in [0.717, 1.165) is 11.2 Å². The van der Waals surface area contributed by atoms with Crippen LogP contribution in [-0.2, 0) is 0 Å². The molecule has 2 rings (SSSR count). The molecule has 0 aliphatic carbocycles. The van der Waals surface area contributed by atoms with Gasteiger partial charge in [0.1, 0.15) is 0 Å². The fraction of sp³-hybridized carbons (Fsp3) is 0.250. The van der Waals surface area contributed by atoms with Crippen molar-refractivity contribution in [2.75, 3.05) is 0 Å². The van der Waals surface area contributed by atoms with Crippen LogP contribution >= 0.6 is 0 Å². The zero-order chi connectivity index (χ0) is 9.42. The molecule has 1 nitrogen and oxygen atoms in total. The van der Waals surface area contributed by atoms with Crippen molar-refractivity contribution in [2.45, 2.75) is 20.8 Å². The number of hydrogen-bond donors (Lipinski definition) is 0. The number of pyridine rings is 1. The molecule has 0 atom stereocenters. The third-order valence-corrected chi connectivity index (χ3v) is 2.42. The largest absolute Gasteiger partial charge is 0.253 e. The van der Waals surface area contributed by atoms with E-state index in [9.17, 15) is 0 Å². The number of aromatic nitrogens is 1. The summed E-state index contributed by atoms with van der Waals surface area (Å²) in [7, 11) is 0. The molecule has 0 aliphatic heterocycles. The van der Waals surface area contributed by atoms with Crippen LogP contribution in [0, 0.1) is 20.8 Å². The second kappa shape index (κ2) is 2.84. The molecule has 0 amide bonds. The molecule has 0 bridgehead atoms. The number of benzene rings is 1. The molecule has 66 valence electrons. The molecule has 1 aromatic heterocycles. The van der Waals surface area contributed by atoms with Gasteiger partial charge in [-0.3, -0.25) is 4.98 Å². The molecule has 1 aromatic carbocycles. The van der Waals surface area contributed by atoms with E-state index in [2.05, 4.69) is 50.0 Å². The third kappa shape index (κ3) is 1.42. The van der Waals surface area contributed by atoms with E-state index in [-0.39, 0.29) is 0 Å². The van der Waals surface area contributed by atoms with Crippen LogP contribution in [0.1, 0.15) is 16.8 Å². The fourth-order valence-electron chi connectivity index (χ4n) is 1.48. The molecule has 0 aliphatic rings. The Hall–Kier alpha value is -1.37. The summed E-state index contributed by atoms with van der Waals surface area (Å²) in [4.78, 5) is 4.54. The van der Waals surface area contributed by atoms with Crippen LogP contribution in [0.15, 0.2) is 24.3 Å². The monoisotopic (exact) mass is 171 g/mol. The van der Waals surface area contributed by atoms with Gasteiger partial charge in [-0.25, -0.2) is 0 Å². The minimum atomic E-state index is 1.10. The van der Waals surface area contributed by atoms with Crippen molar-refractivity contribution in [3.8, 4) is 0 Å². The van der Waals surface area contributed by atoms with E-state index in [0.29, 0.717) is 0 Å². The van der Waals surface area contributed by atoms with E-state index in [1.165, 1.54) is 16.5 Å². The van der Waals surface area contributed by atoms with Gasteiger partial charge < -0.3 is 0 Å². The second-order valence-electron chi connectivity index (χ2n) is 3.59. The highest BCUT2D eigenvalue weighted by molar-refractivity contribution is 5.80.